The van der Waals surface area contributed by atoms with Crippen molar-refractivity contribution in [3.63, 3.8) is 0 Å². The second-order valence-corrected chi connectivity index (χ2v) is 6.27. The number of nitrogens with zero attached hydrogens (tertiary/aromatic N) is 3. The van der Waals surface area contributed by atoms with Gasteiger partial charge in [0.2, 0.25) is 5.95 Å². The van der Waals surface area contributed by atoms with E-state index in [0.717, 1.165) is 10.7 Å². The molecular formula is C13H14F4N4O2S. The van der Waals surface area contributed by atoms with Crippen molar-refractivity contribution < 1.29 is 25.5 Å². The second-order valence-electron chi connectivity index (χ2n) is 4.96. The molecule has 1 aromatic heterocycles. The number of anilines is 1. The Kier molecular flexibility index (Phi) is 4.57. The highest BCUT2D eigenvalue weighted by molar-refractivity contribution is 7.86. The quantitative estimate of drug-likeness (QED) is 0.665. The van der Waals surface area contributed by atoms with Crippen molar-refractivity contribution in [2.45, 2.75) is 31.3 Å². The molecule has 2 rings (SSSR count). The molecule has 1 aromatic carbocycles. The standard InChI is InChI=1S/C13H14F4N4O2S/c1-4-8-5-7(2)9(6-10(8)24(17,22)23)21-12(18-3)19-11(20-21)13(14,15)16/h5-6H,4H2,1-3H3,(H,18,19,20). The lowest BCUT2D eigenvalue weighted by Crippen LogP contribution is -2.10. The van der Waals surface area contributed by atoms with Crippen LogP contribution in [0.5, 0.6) is 0 Å². The van der Waals surface area contributed by atoms with Crippen molar-refractivity contribution in [1.82, 2.24) is 14.8 Å². The average molecular weight is 366 g/mol. The molecule has 0 radical (unpaired) electrons. The Labute approximate surface area is 135 Å². The van der Waals surface area contributed by atoms with Gasteiger partial charge in [-0.15, -0.1) is 8.98 Å². The number of aryl methyl sites for hydroxylation is 2. The third-order valence-corrected chi connectivity index (χ3v) is 4.24. The van der Waals surface area contributed by atoms with Crippen LogP contribution in [0.3, 0.4) is 0 Å². The molecule has 0 bridgehead atoms. The van der Waals surface area contributed by atoms with Crippen LogP contribution in [0.15, 0.2) is 17.0 Å². The molecule has 6 nitrogen and oxygen atoms in total. The van der Waals surface area contributed by atoms with Gasteiger partial charge in [-0.1, -0.05) is 13.0 Å². The SMILES string of the molecule is CCc1cc(C)c(-n2nc(C(F)(F)F)nc2NC)cc1S(=O)(=O)F. The third-order valence-electron chi connectivity index (χ3n) is 3.34. The number of aromatic nitrogens is 3. The smallest absolute Gasteiger partial charge is 0.357 e. The largest absolute Gasteiger partial charge is 0.453 e. The van der Waals surface area contributed by atoms with Crippen LogP contribution in [-0.2, 0) is 22.8 Å². The number of hydrogen-bond acceptors (Lipinski definition) is 5. The lowest BCUT2D eigenvalue weighted by molar-refractivity contribution is -0.144. The average Bonchev–Trinajstić information content (AvgIpc) is 2.89. The molecular weight excluding hydrogens is 352 g/mol. The summed E-state index contributed by atoms with van der Waals surface area (Å²) in [6, 6.07) is 2.36. The topological polar surface area (TPSA) is 76.9 Å². The lowest BCUT2D eigenvalue weighted by Gasteiger charge is -2.12. The van der Waals surface area contributed by atoms with Crippen molar-refractivity contribution in [2.24, 2.45) is 0 Å². The van der Waals surface area contributed by atoms with Gasteiger partial charge < -0.3 is 5.32 Å². The van der Waals surface area contributed by atoms with Gasteiger partial charge in [0, 0.05) is 7.05 Å². The Morgan fingerprint density at radius 2 is 1.92 bits per heavy atom. The Hall–Kier alpha value is -2.17. The minimum Gasteiger partial charge on any atom is -0.357 e. The molecule has 24 heavy (non-hydrogen) atoms. The maximum Gasteiger partial charge on any atom is 0.453 e. The highest BCUT2D eigenvalue weighted by Gasteiger charge is 2.37. The molecule has 132 valence electrons. The zero-order valence-corrected chi connectivity index (χ0v) is 13.8. The summed E-state index contributed by atoms with van der Waals surface area (Å²) in [4.78, 5) is 2.72. The Morgan fingerprint density at radius 1 is 1.29 bits per heavy atom. The number of alkyl halides is 3. The highest BCUT2D eigenvalue weighted by Crippen LogP contribution is 2.31. The van der Waals surface area contributed by atoms with Gasteiger partial charge in [-0.2, -0.15) is 31.3 Å². The third kappa shape index (κ3) is 3.35. The zero-order valence-electron chi connectivity index (χ0n) is 12.9. The van der Waals surface area contributed by atoms with Crippen molar-refractivity contribution in [3.8, 4) is 5.69 Å². The number of hydrogen-bond donors (Lipinski definition) is 1. The van der Waals surface area contributed by atoms with E-state index in [1.54, 1.807) is 13.8 Å². The Balaban J connectivity index is 2.76. The molecule has 0 saturated heterocycles. The van der Waals surface area contributed by atoms with Crippen molar-refractivity contribution >= 4 is 16.2 Å². The van der Waals surface area contributed by atoms with E-state index in [9.17, 15) is 25.5 Å². The van der Waals surface area contributed by atoms with Crippen LogP contribution in [0.25, 0.3) is 5.69 Å². The first kappa shape index (κ1) is 18.2. The van der Waals surface area contributed by atoms with Crippen LogP contribution in [0.4, 0.5) is 23.0 Å². The molecule has 0 unspecified atom stereocenters. The van der Waals surface area contributed by atoms with Gasteiger partial charge in [0.05, 0.1) is 5.69 Å². The van der Waals surface area contributed by atoms with Crippen LogP contribution < -0.4 is 5.32 Å². The maximum atomic E-state index is 13.5. The summed E-state index contributed by atoms with van der Waals surface area (Å²) in [5, 5.41) is 5.81. The highest BCUT2D eigenvalue weighted by atomic mass is 32.3. The van der Waals surface area contributed by atoms with E-state index in [1.165, 1.54) is 13.1 Å². The minimum absolute atomic E-state index is 0.0178. The van der Waals surface area contributed by atoms with Gasteiger partial charge in [0.25, 0.3) is 5.82 Å². The van der Waals surface area contributed by atoms with E-state index < -0.39 is 27.1 Å². The van der Waals surface area contributed by atoms with E-state index in [-0.39, 0.29) is 23.6 Å². The zero-order chi connectivity index (χ0) is 18.3. The van der Waals surface area contributed by atoms with Crippen LogP contribution in [-0.4, -0.2) is 30.2 Å². The molecule has 0 aliphatic carbocycles. The first-order chi connectivity index (χ1) is 11.0. The molecule has 0 spiro atoms. The summed E-state index contributed by atoms with van der Waals surface area (Å²) >= 11 is 0. The maximum absolute atomic E-state index is 13.5. The molecule has 0 saturated carbocycles. The first-order valence-corrected chi connectivity index (χ1v) is 8.18. The van der Waals surface area contributed by atoms with Gasteiger partial charge >= 0.3 is 16.4 Å². The van der Waals surface area contributed by atoms with Gasteiger partial charge in [0.15, 0.2) is 0 Å². The van der Waals surface area contributed by atoms with E-state index in [0.29, 0.717) is 5.56 Å². The van der Waals surface area contributed by atoms with Crippen LogP contribution in [0.2, 0.25) is 0 Å². The van der Waals surface area contributed by atoms with Gasteiger partial charge in [-0.3, -0.25) is 0 Å². The van der Waals surface area contributed by atoms with E-state index in [4.69, 9.17) is 0 Å². The predicted molar refractivity (Wildman–Crippen MR) is 78.3 cm³/mol. The van der Waals surface area contributed by atoms with Gasteiger partial charge in [-0.05, 0) is 30.5 Å². The summed E-state index contributed by atoms with van der Waals surface area (Å²) in [5.41, 5.74) is 0.631. The fourth-order valence-electron chi connectivity index (χ4n) is 2.23. The molecule has 1 heterocycles. The summed E-state index contributed by atoms with van der Waals surface area (Å²) in [7, 11) is -3.70. The van der Waals surface area contributed by atoms with Crippen molar-refractivity contribution in [2.75, 3.05) is 12.4 Å². The van der Waals surface area contributed by atoms with Crippen molar-refractivity contribution in [3.05, 3.63) is 29.1 Å². The van der Waals surface area contributed by atoms with Crippen LogP contribution >= 0.6 is 0 Å². The summed E-state index contributed by atoms with van der Waals surface area (Å²) in [6.45, 7) is 3.19. The number of benzene rings is 1. The van der Waals surface area contributed by atoms with E-state index >= 15 is 0 Å². The molecule has 11 heteroatoms. The Morgan fingerprint density at radius 3 is 2.38 bits per heavy atom. The summed E-state index contributed by atoms with van der Waals surface area (Å²) in [6.07, 6.45) is -4.53. The van der Waals surface area contributed by atoms with Gasteiger partial charge in [0.1, 0.15) is 4.90 Å². The molecule has 0 aliphatic heterocycles. The van der Waals surface area contributed by atoms with E-state index in [2.05, 4.69) is 15.4 Å². The van der Waals surface area contributed by atoms with E-state index in [1.807, 2.05) is 0 Å². The predicted octanol–water partition coefficient (Wildman–Crippen LogP) is 2.86. The fourth-order valence-corrected chi connectivity index (χ4v) is 3.00. The van der Waals surface area contributed by atoms with Crippen LogP contribution in [0.1, 0.15) is 23.9 Å². The van der Waals surface area contributed by atoms with Crippen molar-refractivity contribution in [1.29, 1.82) is 0 Å². The monoisotopic (exact) mass is 366 g/mol. The minimum atomic E-state index is -5.04. The van der Waals surface area contributed by atoms with Gasteiger partial charge in [-0.25, -0.2) is 0 Å². The molecule has 0 amide bonds. The summed E-state index contributed by atoms with van der Waals surface area (Å²) in [5.74, 6) is -1.65. The molecule has 0 aliphatic rings. The first-order valence-electron chi connectivity index (χ1n) is 6.79. The number of nitrogens with one attached hydrogen (secondary N) is 1. The molecule has 2 aromatic rings. The number of halogens is 4. The molecule has 0 fully saturated rings. The normalized spacial score (nSPS) is 12.5. The fraction of sp³-hybridized carbons (Fsp3) is 0.385. The van der Waals surface area contributed by atoms with Crippen LogP contribution in [0, 0.1) is 6.92 Å². The molecule has 0 atom stereocenters. The lowest BCUT2D eigenvalue weighted by atomic mass is 10.1. The Bertz CT molecular complexity index is 875. The number of rotatable bonds is 4. The summed E-state index contributed by atoms with van der Waals surface area (Å²) < 4.78 is 75.3. The second kappa shape index (κ2) is 6.04. The molecule has 1 N–H and O–H groups in total.